The van der Waals surface area contributed by atoms with Crippen molar-refractivity contribution in [3.05, 3.63) is 29.6 Å². The third kappa shape index (κ3) is 3.63. The minimum atomic E-state index is -1.25. The SMILES string of the molecule is CCC(CSC)Nc1cccc(F)c1C(=O)O. The number of halogens is 1. The average molecular weight is 257 g/mol. The Morgan fingerprint density at radius 3 is 2.82 bits per heavy atom. The molecule has 1 atom stereocenters. The Morgan fingerprint density at radius 2 is 2.29 bits per heavy atom. The molecule has 0 saturated heterocycles. The van der Waals surface area contributed by atoms with E-state index in [2.05, 4.69) is 5.32 Å². The highest BCUT2D eigenvalue weighted by Crippen LogP contribution is 2.21. The van der Waals surface area contributed by atoms with E-state index in [1.54, 1.807) is 17.8 Å². The molecule has 0 aliphatic carbocycles. The zero-order valence-corrected chi connectivity index (χ0v) is 10.7. The van der Waals surface area contributed by atoms with Gasteiger partial charge in [0.25, 0.3) is 0 Å². The summed E-state index contributed by atoms with van der Waals surface area (Å²) in [5.41, 5.74) is 0.0606. The molecule has 0 aliphatic heterocycles. The molecule has 0 aromatic heterocycles. The van der Waals surface area contributed by atoms with E-state index in [0.29, 0.717) is 5.69 Å². The molecular formula is C12H16FNO2S. The first kappa shape index (κ1) is 13.8. The molecule has 5 heteroatoms. The zero-order valence-electron chi connectivity index (χ0n) is 9.87. The maximum absolute atomic E-state index is 13.4. The molecule has 0 heterocycles. The van der Waals surface area contributed by atoms with Crippen LogP contribution in [0.2, 0.25) is 0 Å². The van der Waals surface area contributed by atoms with Crippen LogP contribution in [0, 0.1) is 5.82 Å². The van der Waals surface area contributed by atoms with E-state index >= 15 is 0 Å². The number of carboxylic acids is 1. The highest BCUT2D eigenvalue weighted by Gasteiger charge is 2.17. The van der Waals surface area contributed by atoms with E-state index in [4.69, 9.17) is 5.11 Å². The van der Waals surface area contributed by atoms with E-state index < -0.39 is 11.8 Å². The lowest BCUT2D eigenvalue weighted by Crippen LogP contribution is -2.23. The largest absolute Gasteiger partial charge is 0.478 e. The molecule has 0 saturated carbocycles. The third-order valence-electron chi connectivity index (χ3n) is 2.45. The molecule has 94 valence electrons. The van der Waals surface area contributed by atoms with Gasteiger partial charge in [0.2, 0.25) is 0 Å². The van der Waals surface area contributed by atoms with Crippen molar-refractivity contribution in [3.8, 4) is 0 Å². The van der Waals surface area contributed by atoms with Crippen LogP contribution in [0.5, 0.6) is 0 Å². The van der Waals surface area contributed by atoms with Crippen molar-refractivity contribution in [3.63, 3.8) is 0 Å². The number of carboxylic acid groups (broad SMARTS) is 1. The number of hydrogen-bond acceptors (Lipinski definition) is 3. The number of rotatable bonds is 6. The van der Waals surface area contributed by atoms with E-state index in [-0.39, 0.29) is 11.6 Å². The van der Waals surface area contributed by atoms with Crippen LogP contribution in [0.1, 0.15) is 23.7 Å². The number of aromatic carboxylic acids is 1. The van der Waals surface area contributed by atoms with Crippen LogP contribution in [-0.4, -0.2) is 29.1 Å². The maximum Gasteiger partial charge on any atom is 0.340 e. The molecule has 1 unspecified atom stereocenters. The van der Waals surface area contributed by atoms with E-state index in [0.717, 1.165) is 18.2 Å². The molecule has 0 spiro atoms. The Morgan fingerprint density at radius 1 is 1.59 bits per heavy atom. The van der Waals surface area contributed by atoms with Gasteiger partial charge >= 0.3 is 5.97 Å². The van der Waals surface area contributed by atoms with Gasteiger partial charge in [-0.2, -0.15) is 11.8 Å². The summed E-state index contributed by atoms with van der Waals surface area (Å²) in [5.74, 6) is -1.10. The molecule has 2 N–H and O–H groups in total. The molecular weight excluding hydrogens is 241 g/mol. The second kappa shape index (κ2) is 6.49. The van der Waals surface area contributed by atoms with Crippen molar-refractivity contribution in [1.82, 2.24) is 0 Å². The summed E-state index contributed by atoms with van der Waals surface area (Å²) < 4.78 is 13.4. The van der Waals surface area contributed by atoms with E-state index in [1.165, 1.54) is 6.07 Å². The van der Waals surface area contributed by atoms with E-state index in [1.807, 2.05) is 13.2 Å². The molecule has 0 amide bonds. The van der Waals surface area contributed by atoms with Gasteiger partial charge in [0, 0.05) is 11.8 Å². The fourth-order valence-electron chi connectivity index (χ4n) is 1.54. The Labute approximate surface area is 104 Å². The smallest absolute Gasteiger partial charge is 0.340 e. The molecule has 0 aliphatic rings. The van der Waals surface area contributed by atoms with Crippen molar-refractivity contribution in [2.75, 3.05) is 17.3 Å². The lowest BCUT2D eigenvalue weighted by Gasteiger charge is -2.18. The summed E-state index contributed by atoms with van der Waals surface area (Å²) >= 11 is 1.67. The number of benzene rings is 1. The number of thioether (sulfide) groups is 1. The minimum absolute atomic E-state index is 0.143. The van der Waals surface area contributed by atoms with Crippen LogP contribution < -0.4 is 5.32 Å². The number of hydrogen-bond donors (Lipinski definition) is 2. The first-order chi connectivity index (χ1) is 8.10. The van der Waals surface area contributed by atoms with Gasteiger partial charge in [0.15, 0.2) is 0 Å². The Balaban J connectivity index is 2.97. The average Bonchev–Trinajstić information content (AvgIpc) is 2.28. The van der Waals surface area contributed by atoms with Crippen molar-refractivity contribution in [2.45, 2.75) is 19.4 Å². The Bertz CT molecular complexity index is 398. The van der Waals surface area contributed by atoms with Crippen LogP contribution in [-0.2, 0) is 0 Å². The number of anilines is 1. The van der Waals surface area contributed by atoms with Crippen LogP contribution in [0.3, 0.4) is 0 Å². The van der Waals surface area contributed by atoms with Crippen LogP contribution in [0.15, 0.2) is 18.2 Å². The molecule has 1 rings (SSSR count). The van der Waals surface area contributed by atoms with Crippen LogP contribution >= 0.6 is 11.8 Å². The number of carbonyl (C=O) groups is 1. The molecule has 0 bridgehead atoms. The van der Waals surface area contributed by atoms with Gasteiger partial charge in [0.1, 0.15) is 11.4 Å². The van der Waals surface area contributed by atoms with Gasteiger partial charge < -0.3 is 10.4 Å². The van der Waals surface area contributed by atoms with Crippen molar-refractivity contribution >= 4 is 23.4 Å². The second-order valence-corrected chi connectivity index (χ2v) is 4.58. The summed E-state index contributed by atoms with van der Waals surface area (Å²) in [6.07, 6.45) is 2.84. The summed E-state index contributed by atoms with van der Waals surface area (Å²) in [5, 5.41) is 12.1. The van der Waals surface area contributed by atoms with Gasteiger partial charge in [-0.25, -0.2) is 9.18 Å². The second-order valence-electron chi connectivity index (χ2n) is 3.67. The van der Waals surface area contributed by atoms with Gasteiger partial charge in [-0.3, -0.25) is 0 Å². The summed E-state index contributed by atoms with van der Waals surface area (Å²) in [4.78, 5) is 11.0. The lowest BCUT2D eigenvalue weighted by molar-refractivity contribution is 0.0693. The third-order valence-corrected chi connectivity index (χ3v) is 3.18. The first-order valence-electron chi connectivity index (χ1n) is 5.37. The zero-order chi connectivity index (χ0) is 12.8. The molecule has 0 fully saturated rings. The Kier molecular flexibility index (Phi) is 5.28. The summed E-state index contributed by atoms with van der Waals surface area (Å²) in [6, 6.07) is 4.40. The van der Waals surface area contributed by atoms with Gasteiger partial charge in [-0.05, 0) is 24.8 Å². The summed E-state index contributed by atoms with van der Waals surface area (Å²) in [6.45, 7) is 2.01. The highest BCUT2D eigenvalue weighted by atomic mass is 32.2. The number of nitrogens with one attached hydrogen (secondary N) is 1. The fourth-order valence-corrected chi connectivity index (χ4v) is 2.27. The molecule has 17 heavy (non-hydrogen) atoms. The predicted molar refractivity (Wildman–Crippen MR) is 69.4 cm³/mol. The minimum Gasteiger partial charge on any atom is -0.478 e. The van der Waals surface area contributed by atoms with Crippen molar-refractivity contribution in [1.29, 1.82) is 0 Å². The van der Waals surface area contributed by atoms with Crippen LogP contribution in [0.4, 0.5) is 10.1 Å². The molecule has 1 aromatic carbocycles. The van der Waals surface area contributed by atoms with Crippen molar-refractivity contribution in [2.24, 2.45) is 0 Å². The normalized spacial score (nSPS) is 12.2. The molecule has 0 radical (unpaired) electrons. The maximum atomic E-state index is 13.4. The van der Waals surface area contributed by atoms with Gasteiger partial charge in [-0.1, -0.05) is 13.0 Å². The lowest BCUT2D eigenvalue weighted by atomic mass is 10.1. The monoisotopic (exact) mass is 257 g/mol. The highest BCUT2D eigenvalue weighted by molar-refractivity contribution is 7.98. The summed E-state index contributed by atoms with van der Waals surface area (Å²) in [7, 11) is 0. The first-order valence-corrected chi connectivity index (χ1v) is 6.76. The van der Waals surface area contributed by atoms with Gasteiger partial charge in [-0.15, -0.1) is 0 Å². The topological polar surface area (TPSA) is 49.3 Å². The Hall–Kier alpha value is -1.23. The van der Waals surface area contributed by atoms with Crippen LogP contribution in [0.25, 0.3) is 0 Å². The van der Waals surface area contributed by atoms with Gasteiger partial charge in [0.05, 0.1) is 5.69 Å². The standard InChI is InChI=1S/C12H16FNO2S/c1-3-8(7-17-2)14-10-6-4-5-9(13)11(10)12(15)16/h4-6,8,14H,3,7H2,1-2H3,(H,15,16). The molecule has 3 nitrogen and oxygen atoms in total. The van der Waals surface area contributed by atoms with Crippen molar-refractivity contribution < 1.29 is 14.3 Å². The quantitative estimate of drug-likeness (QED) is 0.822. The fraction of sp³-hybridized carbons (Fsp3) is 0.417. The predicted octanol–water partition coefficient (Wildman–Crippen LogP) is 3.08. The van der Waals surface area contributed by atoms with E-state index in [9.17, 15) is 9.18 Å². The molecule has 1 aromatic rings.